The minimum atomic E-state index is -4.88. The highest BCUT2D eigenvalue weighted by molar-refractivity contribution is 7.94. The van der Waals surface area contributed by atoms with Crippen molar-refractivity contribution in [1.29, 1.82) is 0 Å². The number of hydrogen-bond acceptors (Lipinski definition) is 9. The SMILES string of the molecule is O=S(=O)(Nc1c(Cl)cc(O)cc1Cl)c1cc(S(=O)(=O)Nc2c(Cl)cc(O)cc2Cl)cc(S(=O)(=O)Nc2c(Cl)cc(O)cc2Cl)c1. The Hall–Kier alpha value is -2.73. The summed E-state index contributed by atoms with van der Waals surface area (Å²) in [6.45, 7) is 0. The average molecular weight is 798 g/mol. The lowest BCUT2D eigenvalue weighted by molar-refractivity contribution is 0.475. The highest BCUT2D eigenvalue weighted by Gasteiger charge is 2.29. The number of benzene rings is 4. The summed E-state index contributed by atoms with van der Waals surface area (Å²) in [7, 11) is -14.6. The van der Waals surface area contributed by atoms with Gasteiger partial charge in [-0.2, -0.15) is 0 Å². The van der Waals surface area contributed by atoms with Crippen LogP contribution in [0.2, 0.25) is 30.1 Å². The number of rotatable bonds is 9. The number of phenols is 3. The predicted octanol–water partition coefficient (Wildman–Crippen LogP) is 7.13. The van der Waals surface area contributed by atoms with Gasteiger partial charge in [0, 0.05) is 36.4 Å². The lowest BCUT2D eigenvalue weighted by atomic mass is 10.3. The van der Waals surface area contributed by atoms with Gasteiger partial charge in [0.2, 0.25) is 0 Å². The highest BCUT2D eigenvalue weighted by atomic mass is 35.5. The molecule has 0 amide bonds. The van der Waals surface area contributed by atoms with Crippen LogP contribution in [0.5, 0.6) is 17.2 Å². The van der Waals surface area contributed by atoms with Crippen molar-refractivity contribution in [2.75, 3.05) is 14.2 Å². The molecule has 4 aromatic rings. The van der Waals surface area contributed by atoms with E-state index in [0.717, 1.165) is 36.4 Å². The zero-order valence-electron chi connectivity index (χ0n) is 21.5. The summed E-state index contributed by atoms with van der Waals surface area (Å²) in [6.07, 6.45) is 0. The molecular weight excluding hydrogens is 783 g/mol. The van der Waals surface area contributed by atoms with E-state index in [2.05, 4.69) is 0 Å². The average Bonchev–Trinajstić information content (AvgIpc) is 2.90. The molecular formula is C24H15Cl6N3O9S3. The second-order valence-corrected chi connectivity index (χ2v) is 16.3. The lowest BCUT2D eigenvalue weighted by Crippen LogP contribution is -2.20. The fourth-order valence-corrected chi connectivity index (χ4v) is 9.34. The van der Waals surface area contributed by atoms with Crippen LogP contribution in [0.4, 0.5) is 17.1 Å². The van der Waals surface area contributed by atoms with Crippen molar-refractivity contribution in [2.24, 2.45) is 0 Å². The van der Waals surface area contributed by atoms with Crippen LogP contribution in [0.3, 0.4) is 0 Å². The van der Waals surface area contributed by atoms with Crippen LogP contribution in [0, 0.1) is 0 Å². The molecule has 0 spiro atoms. The van der Waals surface area contributed by atoms with Crippen molar-refractivity contribution in [3.63, 3.8) is 0 Å². The van der Waals surface area contributed by atoms with Gasteiger partial charge in [0.25, 0.3) is 30.1 Å². The molecule has 0 saturated carbocycles. The van der Waals surface area contributed by atoms with Crippen LogP contribution in [0.15, 0.2) is 69.3 Å². The Morgan fingerprint density at radius 2 is 0.556 bits per heavy atom. The summed E-state index contributed by atoms with van der Waals surface area (Å²) in [5, 5.41) is 26.9. The van der Waals surface area contributed by atoms with Crippen LogP contribution in [-0.2, 0) is 30.1 Å². The van der Waals surface area contributed by atoms with Gasteiger partial charge in [0.15, 0.2) is 0 Å². The van der Waals surface area contributed by atoms with E-state index in [-0.39, 0.29) is 30.1 Å². The number of hydrogen-bond donors (Lipinski definition) is 6. The second kappa shape index (κ2) is 12.8. The van der Waals surface area contributed by atoms with E-state index in [1.807, 2.05) is 14.2 Å². The maximum absolute atomic E-state index is 13.5. The Labute approximate surface area is 286 Å². The van der Waals surface area contributed by atoms with Crippen LogP contribution in [-0.4, -0.2) is 40.6 Å². The van der Waals surface area contributed by atoms with Gasteiger partial charge in [-0.05, 0) is 18.2 Å². The van der Waals surface area contributed by atoms with Crippen molar-refractivity contribution >= 4 is 117 Å². The van der Waals surface area contributed by atoms with Gasteiger partial charge in [-0.1, -0.05) is 69.6 Å². The molecule has 45 heavy (non-hydrogen) atoms. The molecule has 0 bridgehead atoms. The normalized spacial score (nSPS) is 12.1. The van der Waals surface area contributed by atoms with E-state index < -0.39 is 79.1 Å². The van der Waals surface area contributed by atoms with Crippen molar-refractivity contribution in [3.05, 3.63) is 84.7 Å². The molecule has 0 fully saturated rings. The first kappa shape index (κ1) is 35.1. The maximum Gasteiger partial charge on any atom is 0.262 e. The maximum atomic E-state index is 13.5. The molecule has 0 unspecified atom stereocenters. The molecule has 0 atom stereocenters. The standard InChI is InChI=1S/C24H15Cl6N3O9S3/c25-16-1-10(34)2-17(26)22(16)31-43(37,38)13-7-14(44(39,40)32-23-18(27)3-11(35)4-19(23)28)9-15(8-13)45(41,42)33-24-20(29)5-12(36)6-21(24)30/h1-9,31-36H. The van der Waals surface area contributed by atoms with Gasteiger partial charge in [-0.15, -0.1) is 0 Å². The molecule has 4 rings (SSSR count). The van der Waals surface area contributed by atoms with Crippen LogP contribution >= 0.6 is 69.6 Å². The predicted molar refractivity (Wildman–Crippen MR) is 173 cm³/mol. The van der Waals surface area contributed by atoms with Gasteiger partial charge in [0.1, 0.15) is 17.2 Å². The largest absolute Gasteiger partial charge is 0.508 e. The first-order valence-corrected chi connectivity index (χ1v) is 18.2. The third kappa shape index (κ3) is 7.81. The molecule has 21 heteroatoms. The molecule has 0 aliphatic rings. The molecule has 240 valence electrons. The summed E-state index contributed by atoms with van der Waals surface area (Å²) in [5.74, 6) is -1.20. The number of anilines is 3. The van der Waals surface area contributed by atoms with Gasteiger partial charge in [-0.3, -0.25) is 14.2 Å². The van der Waals surface area contributed by atoms with E-state index in [0.29, 0.717) is 18.2 Å². The summed E-state index contributed by atoms with van der Waals surface area (Å²) in [6, 6.07) is 7.60. The number of sulfonamides is 3. The van der Waals surface area contributed by atoms with E-state index in [1.165, 1.54) is 0 Å². The quantitative estimate of drug-likeness (QED) is 0.0954. The molecule has 0 radical (unpaired) electrons. The minimum Gasteiger partial charge on any atom is -0.508 e. The van der Waals surface area contributed by atoms with Crippen molar-refractivity contribution in [1.82, 2.24) is 0 Å². The summed E-state index contributed by atoms with van der Waals surface area (Å²) in [5.41, 5.74) is -1.26. The second-order valence-electron chi connectivity index (χ2n) is 8.81. The highest BCUT2D eigenvalue weighted by Crippen LogP contribution is 2.39. The van der Waals surface area contributed by atoms with Crippen LogP contribution < -0.4 is 14.2 Å². The van der Waals surface area contributed by atoms with Gasteiger partial charge in [-0.25, -0.2) is 25.3 Å². The van der Waals surface area contributed by atoms with E-state index in [9.17, 15) is 40.6 Å². The molecule has 0 aromatic heterocycles. The fraction of sp³-hybridized carbons (Fsp3) is 0. The lowest BCUT2D eigenvalue weighted by Gasteiger charge is -2.17. The van der Waals surface area contributed by atoms with Crippen LogP contribution in [0.1, 0.15) is 0 Å². The summed E-state index contributed by atoms with van der Waals surface area (Å²) >= 11 is 36.2. The third-order valence-corrected chi connectivity index (χ3v) is 11.4. The van der Waals surface area contributed by atoms with Gasteiger partial charge in [0.05, 0.1) is 61.9 Å². The third-order valence-electron chi connectivity index (χ3n) is 5.57. The molecule has 0 heterocycles. The van der Waals surface area contributed by atoms with Crippen LogP contribution in [0.25, 0.3) is 0 Å². The first-order chi connectivity index (χ1) is 20.7. The van der Waals surface area contributed by atoms with E-state index in [1.54, 1.807) is 0 Å². The van der Waals surface area contributed by atoms with Crippen molar-refractivity contribution in [3.8, 4) is 17.2 Å². The monoisotopic (exact) mass is 795 g/mol. The summed E-state index contributed by atoms with van der Waals surface area (Å²) in [4.78, 5) is -2.76. The van der Waals surface area contributed by atoms with Gasteiger partial charge >= 0.3 is 0 Å². The zero-order chi connectivity index (χ0) is 33.6. The number of phenolic OH excluding ortho intramolecular Hbond substituents is 3. The molecule has 0 aliphatic heterocycles. The Morgan fingerprint density at radius 1 is 0.378 bits per heavy atom. The first-order valence-electron chi connectivity index (χ1n) is 11.5. The zero-order valence-corrected chi connectivity index (χ0v) is 28.5. The number of aromatic hydroxyl groups is 3. The fourth-order valence-electron chi connectivity index (χ4n) is 3.56. The Kier molecular flexibility index (Phi) is 10.0. The summed E-state index contributed by atoms with van der Waals surface area (Å²) < 4.78 is 87.1. The van der Waals surface area contributed by atoms with E-state index >= 15 is 0 Å². The molecule has 12 nitrogen and oxygen atoms in total. The Morgan fingerprint density at radius 3 is 0.733 bits per heavy atom. The number of nitrogens with one attached hydrogen (secondary N) is 3. The smallest absolute Gasteiger partial charge is 0.262 e. The topological polar surface area (TPSA) is 199 Å². The molecule has 0 saturated heterocycles. The Balaban J connectivity index is 1.91. The molecule has 0 aliphatic carbocycles. The van der Waals surface area contributed by atoms with Crippen molar-refractivity contribution < 1.29 is 40.6 Å². The molecule has 4 aromatic carbocycles. The minimum absolute atomic E-state index is 0.350. The number of halogens is 6. The Bertz CT molecular complexity index is 1870. The molecule has 6 N–H and O–H groups in total. The van der Waals surface area contributed by atoms with Crippen molar-refractivity contribution in [2.45, 2.75) is 14.7 Å². The van der Waals surface area contributed by atoms with E-state index in [4.69, 9.17) is 69.6 Å². The van der Waals surface area contributed by atoms with Gasteiger partial charge < -0.3 is 15.3 Å².